The van der Waals surface area contributed by atoms with Crippen LogP contribution in [0.3, 0.4) is 0 Å². The number of carbonyl (C=O) groups is 4. The summed E-state index contributed by atoms with van der Waals surface area (Å²) in [5, 5.41) is 15.6. The minimum atomic E-state index is -1.21. The zero-order valence-corrected chi connectivity index (χ0v) is 16.0. The molecule has 0 aliphatic rings. The first kappa shape index (κ1) is 23.5. The van der Waals surface area contributed by atoms with Gasteiger partial charge in [0.25, 0.3) is 0 Å². The number of nitrogens with one attached hydrogen (secondary N) is 3. The Morgan fingerprint density at radius 2 is 1.48 bits per heavy atom. The van der Waals surface area contributed by atoms with E-state index in [0.717, 1.165) is 0 Å². The highest BCUT2D eigenvalue weighted by Gasteiger charge is 2.28. The molecule has 0 heterocycles. The first-order valence-electron chi connectivity index (χ1n) is 7.75. The highest BCUT2D eigenvalue weighted by Crippen LogP contribution is 2.06. The van der Waals surface area contributed by atoms with Crippen LogP contribution in [0.2, 0.25) is 0 Å². The lowest BCUT2D eigenvalue weighted by Crippen LogP contribution is -2.57. The lowest BCUT2D eigenvalue weighted by Gasteiger charge is -2.23. The van der Waals surface area contributed by atoms with Gasteiger partial charge in [-0.15, -0.1) is 0 Å². The molecule has 9 nitrogen and oxygen atoms in total. The van der Waals surface area contributed by atoms with E-state index in [-0.39, 0.29) is 17.4 Å². The number of aliphatic carboxylic acids is 1. The van der Waals surface area contributed by atoms with E-state index >= 15 is 0 Å². The summed E-state index contributed by atoms with van der Waals surface area (Å²) in [7, 11) is 0. The van der Waals surface area contributed by atoms with Crippen LogP contribution in [0.25, 0.3) is 0 Å². The molecule has 11 heteroatoms. The number of carboxylic acids is 1. The molecule has 0 aromatic heterocycles. The van der Waals surface area contributed by atoms with Gasteiger partial charge in [0.1, 0.15) is 18.6 Å². The van der Waals surface area contributed by atoms with Crippen LogP contribution >= 0.6 is 25.3 Å². The Bertz CT molecular complexity index is 492. The van der Waals surface area contributed by atoms with Crippen molar-refractivity contribution >= 4 is 48.9 Å². The van der Waals surface area contributed by atoms with Crippen molar-refractivity contribution in [3.63, 3.8) is 0 Å². The largest absolute Gasteiger partial charge is 0.480 e. The number of rotatable bonds is 11. The predicted octanol–water partition coefficient (Wildman–Crippen LogP) is -1.61. The Labute approximate surface area is 157 Å². The molecule has 0 saturated carbocycles. The van der Waals surface area contributed by atoms with E-state index in [0.29, 0.717) is 6.42 Å². The lowest BCUT2D eigenvalue weighted by molar-refractivity contribution is -0.138. The minimum absolute atomic E-state index is 0.000829. The Hall–Kier alpha value is -1.46. The fourth-order valence-electron chi connectivity index (χ4n) is 1.73. The fraction of sp³-hybridized carbons (Fsp3) is 0.714. The fourth-order valence-corrected chi connectivity index (χ4v) is 2.24. The molecular formula is C14H26N4O5S2. The van der Waals surface area contributed by atoms with Gasteiger partial charge in [0, 0.05) is 11.5 Å². The Morgan fingerprint density at radius 1 is 1.00 bits per heavy atom. The standard InChI is InChI=1S/C14H26N4O5S2/c1-3-7(2)11(15)14(23)18-9(6-25)13(22)17-8(5-24)12(21)16-4-10(19)20/h7-9,11,24-25H,3-6,15H2,1-2H3,(H,16,21)(H,17,22)(H,18,23)(H,19,20). The number of nitrogens with two attached hydrogens (primary N) is 1. The zero-order valence-electron chi connectivity index (χ0n) is 14.2. The number of amides is 3. The average molecular weight is 395 g/mol. The van der Waals surface area contributed by atoms with Crippen molar-refractivity contribution in [3.8, 4) is 0 Å². The molecular weight excluding hydrogens is 368 g/mol. The molecule has 0 spiro atoms. The van der Waals surface area contributed by atoms with Crippen molar-refractivity contribution in [2.45, 2.75) is 38.4 Å². The van der Waals surface area contributed by atoms with Crippen molar-refractivity contribution in [2.24, 2.45) is 11.7 Å². The predicted molar refractivity (Wildman–Crippen MR) is 99.6 cm³/mol. The monoisotopic (exact) mass is 394 g/mol. The van der Waals surface area contributed by atoms with Gasteiger partial charge in [0.2, 0.25) is 17.7 Å². The van der Waals surface area contributed by atoms with Gasteiger partial charge in [0.15, 0.2) is 0 Å². The van der Waals surface area contributed by atoms with E-state index in [4.69, 9.17) is 10.8 Å². The summed E-state index contributed by atoms with van der Waals surface area (Å²) in [4.78, 5) is 46.6. The molecule has 0 aromatic carbocycles. The van der Waals surface area contributed by atoms with Crippen LogP contribution in [-0.4, -0.2) is 65.0 Å². The quantitative estimate of drug-likeness (QED) is 0.210. The number of hydrogen-bond donors (Lipinski definition) is 7. The van der Waals surface area contributed by atoms with Crippen molar-refractivity contribution in [2.75, 3.05) is 18.1 Å². The number of carboxylic acid groups (broad SMARTS) is 1. The normalized spacial score (nSPS) is 15.4. The molecule has 0 aliphatic heterocycles. The van der Waals surface area contributed by atoms with E-state index in [9.17, 15) is 19.2 Å². The first-order chi connectivity index (χ1) is 11.7. The van der Waals surface area contributed by atoms with Crippen LogP contribution in [0, 0.1) is 5.92 Å². The second kappa shape index (κ2) is 12.0. The van der Waals surface area contributed by atoms with Gasteiger partial charge in [-0.2, -0.15) is 25.3 Å². The van der Waals surface area contributed by atoms with Gasteiger partial charge in [-0.05, 0) is 5.92 Å². The highest BCUT2D eigenvalue weighted by molar-refractivity contribution is 7.80. The van der Waals surface area contributed by atoms with Crippen LogP contribution in [0.5, 0.6) is 0 Å². The summed E-state index contributed by atoms with van der Waals surface area (Å²) >= 11 is 8.00. The molecule has 0 saturated heterocycles. The van der Waals surface area contributed by atoms with E-state index in [1.807, 2.05) is 13.8 Å². The molecule has 4 unspecified atom stereocenters. The minimum Gasteiger partial charge on any atom is -0.480 e. The third kappa shape index (κ3) is 8.45. The summed E-state index contributed by atoms with van der Waals surface area (Å²) in [6.45, 7) is 3.15. The average Bonchev–Trinajstić information content (AvgIpc) is 2.59. The van der Waals surface area contributed by atoms with Gasteiger partial charge < -0.3 is 26.8 Å². The maximum absolute atomic E-state index is 12.2. The highest BCUT2D eigenvalue weighted by atomic mass is 32.1. The van der Waals surface area contributed by atoms with Crippen LogP contribution in [0.15, 0.2) is 0 Å². The smallest absolute Gasteiger partial charge is 0.322 e. The maximum atomic E-state index is 12.2. The van der Waals surface area contributed by atoms with Crippen LogP contribution in [0.4, 0.5) is 0 Å². The SMILES string of the molecule is CCC(C)C(N)C(=O)NC(CS)C(=O)NC(CS)C(=O)NCC(=O)O. The summed E-state index contributed by atoms with van der Waals surface area (Å²) in [5.74, 6) is -3.12. The molecule has 0 aliphatic carbocycles. The van der Waals surface area contributed by atoms with Gasteiger partial charge in [-0.1, -0.05) is 20.3 Å². The van der Waals surface area contributed by atoms with E-state index in [1.165, 1.54) is 0 Å². The molecule has 144 valence electrons. The molecule has 3 amide bonds. The number of hydrogen-bond acceptors (Lipinski definition) is 7. The third-order valence-corrected chi connectivity index (χ3v) is 4.33. The Kier molecular flexibility index (Phi) is 11.3. The van der Waals surface area contributed by atoms with Gasteiger partial charge in [-0.25, -0.2) is 0 Å². The molecule has 25 heavy (non-hydrogen) atoms. The van der Waals surface area contributed by atoms with E-state index in [1.54, 1.807) is 0 Å². The van der Waals surface area contributed by atoms with Crippen molar-refractivity contribution in [1.29, 1.82) is 0 Å². The van der Waals surface area contributed by atoms with Crippen LogP contribution in [0.1, 0.15) is 20.3 Å². The zero-order chi connectivity index (χ0) is 19.6. The second-order valence-corrected chi connectivity index (χ2v) is 6.24. The van der Waals surface area contributed by atoms with Gasteiger partial charge in [-0.3, -0.25) is 19.2 Å². The van der Waals surface area contributed by atoms with E-state index in [2.05, 4.69) is 41.2 Å². The Morgan fingerprint density at radius 3 is 1.92 bits per heavy atom. The molecule has 0 bridgehead atoms. The number of thiol groups is 2. The molecule has 0 aromatic rings. The summed E-state index contributed by atoms with van der Waals surface area (Å²) in [5.41, 5.74) is 5.82. The van der Waals surface area contributed by atoms with Crippen molar-refractivity contribution in [1.82, 2.24) is 16.0 Å². The van der Waals surface area contributed by atoms with Crippen molar-refractivity contribution < 1.29 is 24.3 Å². The van der Waals surface area contributed by atoms with Crippen LogP contribution in [-0.2, 0) is 19.2 Å². The molecule has 4 atom stereocenters. The summed E-state index contributed by atoms with van der Waals surface area (Å²) in [6, 6.07) is -2.79. The third-order valence-electron chi connectivity index (χ3n) is 3.60. The van der Waals surface area contributed by atoms with Crippen LogP contribution < -0.4 is 21.7 Å². The Balaban J connectivity index is 4.77. The van der Waals surface area contributed by atoms with Gasteiger partial charge in [0.05, 0.1) is 6.04 Å². The summed E-state index contributed by atoms with van der Waals surface area (Å²) in [6.07, 6.45) is 0.706. The molecule has 0 fully saturated rings. The molecule has 6 N–H and O–H groups in total. The topological polar surface area (TPSA) is 151 Å². The second-order valence-electron chi connectivity index (χ2n) is 5.51. The first-order valence-corrected chi connectivity index (χ1v) is 9.01. The molecule has 0 rings (SSSR count). The summed E-state index contributed by atoms with van der Waals surface area (Å²) < 4.78 is 0. The van der Waals surface area contributed by atoms with E-state index < -0.39 is 48.4 Å². The maximum Gasteiger partial charge on any atom is 0.322 e. The number of carbonyl (C=O) groups excluding carboxylic acids is 3. The molecule has 0 radical (unpaired) electrons. The lowest BCUT2D eigenvalue weighted by atomic mass is 9.99. The van der Waals surface area contributed by atoms with Crippen molar-refractivity contribution in [3.05, 3.63) is 0 Å². The van der Waals surface area contributed by atoms with Gasteiger partial charge >= 0.3 is 5.97 Å².